The number of hydrogen-bond acceptors (Lipinski definition) is 4. The number of likely N-dealkylation sites (tertiary alicyclic amines) is 1. The molecule has 2 aromatic rings. The number of carbonyl (C=O) groups excluding carboxylic acids is 2. The van der Waals surface area contributed by atoms with Crippen LogP contribution in [0.25, 0.3) is 0 Å². The molecule has 2 heterocycles. The van der Waals surface area contributed by atoms with Crippen LogP contribution in [0.1, 0.15) is 37.8 Å². The fraction of sp³-hybridized carbons (Fsp3) is 0.440. The molecule has 3 atom stereocenters. The zero-order chi connectivity index (χ0) is 23.0. The van der Waals surface area contributed by atoms with E-state index in [4.69, 9.17) is 16.3 Å². The van der Waals surface area contributed by atoms with E-state index < -0.39 is 17.8 Å². The van der Waals surface area contributed by atoms with Crippen molar-refractivity contribution < 1.29 is 18.7 Å². The zero-order valence-electron chi connectivity index (χ0n) is 18.6. The van der Waals surface area contributed by atoms with Gasteiger partial charge in [0.2, 0.25) is 5.91 Å². The summed E-state index contributed by atoms with van der Waals surface area (Å²) in [4.78, 5) is 29.8. The molecule has 0 N–H and O–H groups in total. The summed E-state index contributed by atoms with van der Waals surface area (Å²) in [6.07, 6.45) is -0.103. The monoisotopic (exact) mass is 458 g/mol. The van der Waals surface area contributed by atoms with E-state index >= 15 is 0 Å². The molecule has 0 bridgehead atoms. The summed E-state index contributed by atoms with van der Waals surface area (Å²) in [5.74, 6) is -1.68. The first kappa shape index (κ1) is 22.7. The van der Waals surface area contributed by atoms with Crippen molar-refractivity contribution in [3.05, 3.63) is 70.5 Å². The molecule has 2 fully saturated rings. The van der Waals surface area contributed by atoms with E-state index in [2.05, 4.69) is 25.7 Å². The molecular weight excluding hydrogens is 431 g/mol. The van der Waals surface area contributed by atoms with Gasteiger partial charge in [-0.3, -0.25) is 9.69 Å². The second kappa shape index (κ2) is 8.83. The molecule has 0 aliphatic carbocycles. The van der Waals surface area contributed by atoms with Gasteiger partial charge in [-0.15, -0.1) is 0 Å². The SMILES string of the molecule is CC(C)(C)N1C[C@@H](C(=O)N2C(=O)OC[C@@H]2Cc2ccccc2)[C@H](c2ccc(Cl)cc2F)C1. The van der Waals surface area contributed by atoms with Crippen LogP contribution in [0.2, 0.25) is 5.02 Å². The number of imide groups is 1. The van der Waals surface area contributed by atoms with Crippen LogP contribution in [-0.2, 0) is 16.0 Å². The molecule has 170 valence electrons. The highest BCUT2D eigenvalue weighted by molar-refractivity contribution is 6.30. The van der Waals surface area contributed by atoms with E-state index in [1.54, 1.807) is 12.1 Å². The summed E-state index contributed by atoms with van der Waals surface area (Å²) in [5, 5.41) is 0.311. The van der Waals surface area contributed by atoms with E-state index in [-0.39, 0.29) is 30.0 Å². The Morgan fingerprint density at radius 3 is 2.53 bits per heavy atom. The Morgan fingerprint density at radius 1 is 1.16 bits per heavy atom. The number of hydrogen-bond donors (Lipinski definition) is 0. The summed E-state index contributed by atoms with van der Waals surface area (Å²) in [6.45, 7) is 7.32. The van der Waals surface area contributed by atoms with Crippen LogP contribution in [0.4, 0.5) is 9.18 Å². The maximum absolute atomic E-state index is 14.9. The van der Waals surface area contributed by atoms with Crippen molar-refractivity contribution in [2.75, 3.05) is 19.7 Å². The van der Waals surface area contributed by atoms with Crippen LogP contribution in [0.3, 0.4) is 0 Å². The Morgan fingerprint density at radius 2 is 1.88 bits per heavy atom. The Labute approximate surface area is 193 Å². The first-order valence-corrected chi connectivity index (χ1v) is 11.3. The van der Waals surface area contributed by atoms with Crippen LogP contribution < -0.4 is 0 Å². The van der Waals surface area contributed by atoms with Gasteiger partial charge in [0.25, 0.3) is 0 Å². The van der Waals surface area contributed by atoms with E-state index in [9.17, 15) is 14.0 Å². The summed E-state index contributed by atoms with van der Waals surface area (Å²) in [7, 11) is 0. The van der Waals surface area contributed by atoms with Gasteiger partial charge in [0.1, 0.15) is 12.4 Å². The van der Waals surface area contributed by atoms with Gasteiger partial charge < -0.3 is 4.74 Å². The van der Waals surface area contributed by atoms with Crippen molar-refractivity contribution in [3.8, 4) is 0 Å². The Kier molecular flexibility index (Phi) is 6.28. The summed E-state index contributed by atoms with van der Waals surface area (Å²) < 4.78 is 20.1. The number of benzene rings is 2. The van der Waals surface area contributed by atoms with Crippen LogP contribution in [-0.4, -0.2) is 53.1 Å². The molecule has 2 saturated heterocycles. The number of nitrogens with zero attached hydrogens (tertiary/aromatic N) is 2. The molecule has 0 radical (unpaired) electrons. The van der Waals surface area contributed by atoms with Gasteiger partial charge >= 0.3 is 6.09 Å². The fourth-order valence-corrected chi connectivity index (χ4v) is 4.82. The lowest BCUT2D eigenvalue weighted by Crippen LogP contribution is -2.46. The van der Waals surface area contributed by atoms with Crippen molar-refractivity contribution >= 4 is 23.6 Å². The van der Waals surface area contributed by atoms with Gasteiger partial charge in [-0.05, 0) is 50.5 Å². The van der Waals surface area contributed by atoms with Crippen molar-refractivity contribution in [2.24, 2.45) is 5.92 Å². The van der Waals surface area contributed by atoms with E-state index in [0.717, 1.165) is 5.56 Å². The van der Waals surface area contributed by atoms with Crippen molar-refractivity contribution in [2.45, 2.75) is 44.7 Å². The van der Waals surface area contributed by atoms with Crippen LogP contribution in [0.5, 0.6) is 0 Å². The highest BCUT2D eigenvalue weighted by Gasteiger charge is 2.48. The minimum absolute atomic E-state index is 0.162. The number of rotatable bonds is 4. The fourth-order valence-electron chi connectivity index (χ4n) is 4.66. The third kappa shape index (κ3) is 4.52. The molecule has 2 aromatic carbocycles. The van der Waals surface area contributed by atoms with Gasteiger partial charge in [0.15, 0.2) is 0 Å². The van der Waals surface area contributed by atoms with Crippen molar-refractivity contribution in [1.82, 2.24) is 9.80 Å². The van der Waals surface area contributed by atoms with Crippen LogP contribution in [0.15, 0.2) is 48.5 Å². The first-order chi connectivity index (χ1) is 15.1. The summed E-state index contributed by atoms with van der Waals surface area (Å²) in [5.41, 5.74) is 1.27. The average molecular weight is 459 g/mol. The summed E-state index contributed by atoms with van der Waals surface area (Å²) in [6, 6.07) is 13.9. The lowest BCUT2D eigenvalue weighted by Gasteiger charge is -2.32. The van der Waals surface area contributed by atoms with Gasteiger partial charge in [0.05, 0.1) is 12.0 Å². The van der Waals surface area contributed by atoms with E-state index in [0.29, 0.717) is 30.1 Å². The van der Waals surface area contributed by atoms with E-state index in [1.165, 1.54) is 11.0 Å². The highest BCUT2D eigenvalue weighted by atomic mass is 35.5. The molecule has 2 aliphatic rings. The molecule has 0 saturated carbocycles. The number of amides is 2. The molecule has 5 nitrogen and oxygen atoms in total. The number of cyclic esters (lactones) is 1. The zero-order valence-corrected chi connectivity index (χ0v) is 19.3. The molecule has 2 amide bonds. The van der Waals surface area contributed by atoms with E-state index in [1.807, 2.05) is 30.3 Å². The first-order valence-electron chi connectivity index (χ1n) is 10.9. The molecular formula is C25H28ClFN2O3. The average Bonchev–Trinajstić information content (AvgIpc) is 3.33. The number of ether oxygens (including phenoxy) is 1. The number of carbonyl (C=O) groups is 2. The molecule has 7 heteroatoms. The predicted molar refractivity (Wildman–Crippen MR) is 121 cm³/mol. The molecule has 4 rings (SSSR count). The Balaban J connectivity index is 1.64. The molecule has 32 heavy (non-hydrogen) atoms. The van der Waals surface area contributed by atoms with Gasteiger partial charge in [-0.2, -0.15) is 0 Å². The minimum atomic E-state index is -0.625. The molecule has 0 spiro atoms. The largest absolute Gasteiger partial charge is 0.447 e. The Hall–Kier alpha value is -2.44. The maximum Gasteiger partial charge on any atom is 0.416 e. The second-order valence-electron chi connectivity index (χ2n) is 9.58. The minimum Gasteiger partial charge on any atom is -0.447 e. The van der Waals surface area contributed by atoms with Gasteiger partial charge in [-0.25, -0.2) is 14.1 Å². The molecule has 0 aromatic heterocycles. The third-order valence-corrected chi connectivity index (χ3v) is 6.70. The molecule has 2 aliphatic heterocycles. The number of halogens is 2. The highest BCUT2D eigenvalue weighted by Crippen LogP contribution is 2.39. The van der Waals surface area contributed by atoms with Crippen molar-refractivity contribution in [3.63, 3.8) is 0 Å². The second-order valence-corrected chi connectivity index (χ2v) is 10.0. The quantitative estimate of drug-likeness (QED) is 0.655. The smallest absolute Gasteiger partial charge is 0.416 e. The van der Waals surface area contributed by atoms with Crippen LogP contribution in [0, 0.1) is 11.7 Å². The lowest BCUT2D eigenvalue weighted by molar-refractivity contribution is -0.133. The van der Waals surface area contributed by atoms with Gasteiger partial charge in [0, 0.05) is 29.6 Å². The maximum atomic E-state index is 14.9. The topological polar surface area (TPSA) is 49.9 Å². The summed E-state index contributed by atoms with van der Waals surface area (Å²) >= 11 is 5.96. The third-order valence-electron chi connectivity index (χ3n) is 6.46. The van der Waals surface area contributed by atoms with Crippen molar-refractivity contribution in [1.29, 1.82) is 0 Å². The Bertz CT molecular complexity index is 1010. The predicted octanol–water partition coefficient (Wildman–Crippen LogP) is 4.88. The standard InChI is InChI=1S/C25H28ClFN2O3/c1-25(2,3)28-13-20(19-10-9-17(26)12-22(19)27)21(14-28)23(30)29-18(15-32-24(29)31)11-16-7-5-4-6-8-16/h4-10,12,18,20-21H,11,13-15H2,1-3H3/t18-,20-,21+/m0/s1. The normalized spacial score (nSPS) is 24.1. The van der Waals surface area contributed by atoms with Gasteiger partial charge in [-0.1, -0.05) is 48.0 Å². The molecule has 0 unspecified atom stereocenters. The lowest BCUT2D eigenvalue weighted by atomic mass is 9.87. The van der Waals surface area contributed by atoms with Crippen LogP contribution >= 0.6 is 11.6 Å².